The molecule has 0 saturated carbocycles. The molecule has 0 bridgehead atoms. The standard InChI is InChI=1S/C24H20ClN3O2S2/c1-14-26-23(22-17-8-5-9-20(17)32-24(22)27-14)31-13-21(29)28-18-12-15(25)10-11-19(18)30-16-6-3-2-4-7-16/h2-4,6-7,10-12H,5,8-9,13H2,1H3,(H,28,29). The molecule has 8 heteroatoms. The molecule has 5 nitrogen and oxygen atoms in total. The van der Waals surface area contributed by atoms with Crippen LogP contribution in [0.2, 0.25) is 5.02 Å². The highest BCUT2D eigenvalue weighted by atomic mass is 35.5. The number of nitrogens with zero attached hydrogens (tertiary/aromatic N) is 2. The van der Waals surface area contributed by atoms with E-state index in [1.165, 1.54) is 28.6 Å². The Kier molecular flexibility index (Phi) is 6.04. The molecule has 0 radical (unpaired) electrons. The molecule has 0 aliphatic heterocycles. The van der Waals surface area contributed by atoms with Gasteiger partial charge >= 0.3 is 0 Å². The lowest BCUT2D eigenvalue weighted by Crippen LogP contribution is -2.15. The van der Waals surface area contributed by atoms with Crippen molar-refractivity contribution in [3.05, 3.63) is 69.8 Å². The van der Waals surface area contributed by atoms with Crippen LogP contribution in [0, 0.1) is 6.92 Å². The van der Waals surface area contributed by atoms with Crippen LogP contribution in [0.1, 0.15) is 22.7 Å². The molecule has 0 saturated heterocycles. The molecule has 2 aromatic carbocycles. The number of hydrogen-bond acceptors (Lipinski definition) is 6. The second-order valence-corrected chi connectivity index (χ2v) is 9.99. The molecule has 0 atom stereocenters. The minimum atomic E-state index is -0.147. The predicted octanol–water partition coefficient (Wildman–Crippen LogP) is 6.66. The van der Waals surface area contributed by atoms with E-state index in [1.807, 2.05) is 37.3 Å². The number of carbonyl (C=O) groups excluding carboxylic acids is 1. The summed E-state index contributed by atoms with van der Waals surface area (Å²) in [6.07, 6.45) is 3.34. The zero-order valence-electron chi connectivity index (χ0n) is 17.4. The van der Waals surface area contributed by atoms with Crippen molar-refractivity contribution in [1.29, 1.82) is 0 Å². The summed E-state index contributed by atoms with van der Waals surface area (Å²) >= 11 is 9.38. The molecular weight excluding hydrogens is 462 g/mol. The first-order chi connectivity index (χ1) is 15.6. The van der Waals surface area contributed by atoms with Crippen molar-refractivity contribution in [3.63, 3.8) is 0 Å². The molecule has 32 heavy (non-hydrogen) atoms. The minimum Gasteiger partial charge on any atom is -0.455 e. The molecule has 4 aromatic rings. The van der Waals surface area contributed by atoms with Gasteiger partial charge in [-0.1, -0.05) is 41.6 Å². The Hall–Kier alpha value is -2.61. The largest absolute Gasteiger partial charge is 0.455 e. The Balaban J connectivity index is 1.34. The van der Waals surface area contributed by atoms with Gasteiger partial charge in [-0.2, -0.15) is 0 Å². The van der Waals surface area contributed by atoms with E-state index >= 15 is 0 Å². The number of amides is 1. The fraction of sp³-hybridized carbons (Fsp3) is 0.208. The number of thiophene rings is 1. The first-order valence-electron chi connectivity index (χ1n) is 10.3. The maximum Gasteiger partial charge on any atom is 0.234 e. The third-order valence-electron chi connectivity index (χ3n) is 5.17. The first-order valence-corrected chi connectivity index (χ1v) is 12.5. The Morgan fingerprint density at radius 1 is 1.19 bits per heavy atom. The molecule has 0 unspecified atom stereocenters. The van der Waals surface area contributed by atoms with Gasteiger partial charge in [0.05, 0.1) is 11.4 Å². The number of hydrogen-bond donors (Lipinski definition) is 1. The molecule has 2 heterocycles. The number of carbonyl (C=O) groups is 1. The molecule has 0 spiro atoms. The molecular formula is C24H20ClN3O2S2. The van der Waals surface area contributed by atoms with Crippen LogP contribution in [0.15, 0.2) is 53.6 Å². The van der Waals surface area contributed by atoms with Gasteiger partial charge in [0.1, 0.15) is 21.4 Å². The van der Waals surface area contributed by atoms with Crippen molar-refractivity contribution in [3.8, 4) is 11.5 Å². The van der Waals surface area contributed by atoms with Crippen LogP contribution >= 0.6 is 34.7 Å². The highest BCUT2D eigenvalue weighted by Crippen LogP contribution is 2.40. The van der Waals surface area contributed by atoms with Crippen LogP contribution < -0.4 is 10.1 Å². The summed E-state index contributed by atoms with van der Waals surface area (Å²) in [6, 6.07) is 14.6. The Morgan fingerprint density at radius 2 is 2.03 bits per heavy atom. The fourth-order valence-electron chi connectivity index (χ4n) is 3.79. The van der Waals surface area contributed by atoms with E-state index in [0.717, 1.165) is 33.9 Å². The summed E-state index contributed by atoms with van der Waals surface area (Å²) < 4.78 is 5.94. The number of rotatable bonds is 6. The lowest BCUT2D eigenvalue weighted by molar-refractivity contribution is -0.113. The van der Waals surface area contributed by atoms with Gasteiger partial charge < -0.3 is 10.1 Å². The molecule has 0 fully saturated rings. The Labute approximate surface area is 199 Å². The SMILES string of the molecule is Cc1nc(SCC(=O)Nc2cc(Cl)ccc2Oc2ccccc2)c2c3c(sc2n1)CCC3. The number of anilines is 1. The van der Waals surface area contributed by atoms with Crippen LogP contribution in [0.5, 0.6) is 11.5 Å². The number of fused-ring (bicyclic) bond motifs is 3. The smallest absolute Gasteiger partial charge is 0.234 e. The highest BCUT2D eigenvalue weighted by molar-refractivity contribution is 8.00. The Morgan fingerprint density at radius 3 is 2.88 bits per heavy atom. The molecule has 1 N–H and O–H groups in total. The average molecular weight is 482 g/mol. The molecule has 162 valence electrons. The number of nitrogens with one attached hydrogen (secondary N) is 1. The van der Waals surface area contributed by atoms with Crippen molar-refractivity contribution in [2.75, 3.05) is 11.1 Å². The van der Waals surface area contributed by atoms with Crippen molar-refractivity contribution in [1.82, 2.24) is 9.97 Å². The van der Waals surface area contributed by atoms with Gasteiger partial charge in [0.2, 0.25) is 5.91 Å². The summed E-state index contributed by atoms with van der Waals surface area (Å²) in [4.78, 5) is 24.5. The average Bonchev–Trinajstić information content (AvgIpc) is 3.35. The number of aromatic nitrogens is 2. The van der Waals surface area contributed by atoms with Crippen molar-refractivity contribution < 1.29 is 9.53 Å². The van der Waals surface area contributed by atoms with Gasteiger partial charge in [-0.05, 0) is 62.1 Å². The van der Waals surface area contributed by atoms with E-state index in [-0.39, 0.29) is 11.7 Å². The zero-order valence-corrected chi connectivity index (χ0v) is 19.7. The summed E-state index contributed by atoms with van der Waals surface area (Å²) in [7, 11) is 0. The van der Waals surface area contributed by atoms with E-state index in [2.05, 4.69) is 15.3 Å². The van der Waals surface area contributed by atoms with Gasteiger partial charge in [0.25, 0.3) is 0 Å². The normalized spacial score (nSPS) is 12.7. The maximum atomic E-state index is 12.8. The topological polar surface area (TPSA) is 64.1 Å². The third-order valence-corrected chi connectivity index (χ3v) is 7.57. The quantitative estimate of drug-likeness (QED) is 0.246. The number of thioether (sulfide) groups is 1. The number of benzene rings is 2. The zero-order chi connectivity index (χ0) is 22.1. The Bertz CT molecular complexity index is 1310. The first kappa shape index (κ1) is 21.2. The van der Waals surface area contributed by atoms with Crippen LogP contribution in [0.4, 0.5) is 5.69 Å². The van der Waals surface area contributed by atoms with E-state index in [1.54, 1.807) is 29.5 Å². The summed E-state index contributed by atoms with van der Waals surface area (Å²) in [5.74, 6) is 2.04. The van der Waals surface area contributed by atoms with E-state index < -0.39 is 0 Å². The summed E-state index contributed by atoms with van der Waals surface area (Å²) in [5, 5.41) is 5.47. The molecule has 1 aliphatic carbocycles. The number of aryl methyl sites for hydroxylation is 3. The van der Waals surface area contributed by atoms with E-state index in [4.69, 9.17) is 16.3 Å². The van der Waals surface area contributed by atoms with Gasteiger partial charge in [-0.3, -0.25) is 4.79 Å². The van der Waals surface area contributed by atoms with Gasteiger partial charge in [0, 0.05) is 15.3 Å². The fourth-order valence-corrected chi connectivity index (χ4v) is 6.24. The van der Waals surface area contributed by atoms with E-state index in [0.29, 0.717) is 22.2 Å². The van der Waals surface area contributed by atoms with Crippen molar-refractivity contribution in [2.24, 2.45) is 0 Å². The lowest BCUT2D eigenvalue weighted by Gasteiger charge is -2.13. The lowest BCUT2D eigenvalue weighted by atomic mass is 10.2. The second-order valence-electron chi connectivity index (χ2n) is 7.51. The van der Waals surface area contributed by atoms with Crippen LogP contribution in [-0.2, 0) is 17.6 Å². The van der Waals surface area contributed by atoms with Crippen LogP contribution in [-0.4, -0.2) is 21.6 Å². The number of para-hydroxylation sites is 1. The highest BCUT2D eigenvalue weighted by Gasteiger charge is 2.22. The minimum absolute atomic E-state index is 0.147. The van der Waals surface area contributed by atoms with Crippen LogP contribution in [0.3, 0.4) is 0 Å². The molecule has 2 aromatic heterocycles. The summed E-state index contributed by atoms with van der Waals surface area (Å²) in [6.45, 7) is 1.90. The van der Waals surface area contributed by atoms with Gasteiger partial charge in [-0.25, -0.2) is 9.97 Å². The maximum absolute atomic E-state index is 12.8. The molecule has 5 rings (SSSR count). The monoisotopic (exact) mass is 481 g/mol. The molecule has 1 aliphatic rings. The van der Waals surface area contributed by atoms with Gasteiger partial charge in [-0.15, -0.1) is 11.3 Å². The predicted molar refractivity (Wildman–Crippen MR) is 131 cm³/mol. The molecule has 1 amide bonds. The number of ether oxygens (including phenoxy) is 1. The van der Waals surface area contributed by atoms with Crippen LogP contribution in [0.25, 0.3) is 10.2 Å². The summed E-state index contributed by atoms with van der Waals surface area (Å²) in [5.41, 5.74) is 1.90. The van der Waals surface area contributed by atoms with E-state index in [9.17, 15) is 4.79 Å². The third kappa shape index (κ3) is 4.46. The van der Waals surface area contributed by atoms with Crippen molar-refractivity contribution >= 4 is 56.5 Å². The second kappa shape index (κ2) is 9.10. The van der Waals surface area contributed by atoms with Crippen molar-refractivity contribution in [2.45, 2.75) is 31.2 Å². The number of halogens is 1. The van der Waals surface area contributed by atoms with Gasteiger partial charge in [0.15, 0.2) is 5.75 Å².